The molecule has 4 nitrogen and oxygen atoms in total. The highest BCUT2D eigenvalue weighted by molar-refractivity contribution is 5.83. The summed E-state index contributed by atoms with van der Waals surface area (Å²) in [5.41, 5.74) is 1.06. The minimum atomic E-state index is -0.758. The van der Waals surface area contributed by atoms with Crippen LogP contribution in [0.25, 0.3) is 0 Å². The van der Waals surface area contributed by atoms with Crippen molar-refractivity contribution in [3.63, 3.8) is 0 Å². The molecule has 0 aliphatic heterocycles. The third-order valence-electron chi connectivity index (χ3n) is 3.46. The molecule has 2 N–H and O–H groups in total. The molecule has 0 heterocycles. The highest BCUT2D eigenvalue weighted by Gasteiger charge is 2.18. The van der Waals surface area contributed by atoms with Crippen LogP contribution in [0.4, 0.5) is 0 Å². The number of carboxylic acid groups (broad SMARTS) is 1. The van der Waals surface area contributed by atoms with E-state index >= 15 is 0 Å². The number of amides is 1. The van der Waals surface area contributed by atoms with Gasteiger partial charge in [0.1, 0.15) is 0 Å². The predicted molar refractivity (Wildman–Crippen MR) is 83.2 cm³/mol. The van der Waals surface area contributed by atoms with Gasteiger partial charge in [-0.1, -0.05) is 50.1 Å². The molecule has 0 saturated carbocycles. The van der Waals surface area contributed by atoms with Crippen LogP contribution >= 0.6 is 0 Å². The summed E-state index contributed by atoms with van der Waals surface area (Å²) in [6.45, 7) is 2.70. The van der Waals surface area contributed by atoms with E-state index in [0.29, 0.717) is 13.0 Å². The molecular weight excluding hydrogens is 266 g/mol. The first-order valence-corrected chi connectivity index (χ1v) is 7.69. The summed E-state index contributed by atoms with van der Waals surface area (Å²) in [6, 6.07) is 9.85. The molecule has 0 radical (unpaired) electrons. The Morgan fingerprint density at radius 3 is 2.48 bits per heavy atom. The summed E-state index contributed by atoms with van der Waals surface area (Å²) in [4.78, 5) is 22.7. The molecule has 0 fully saturated rings. The Hall–Kier alpha value is -1.84. The number of carbonyl (C=O) groups is 2. The number of rotatable bonds is 10. The van der Waals surface area contributed by atoms with Gasteiger partial charge in [0.25, 0.3) is 0 Å². The van der Waals surface area contributed by atoms with Gasteiger partial charge in [0.05, 0.1) is 5.92 Å². The van der Waals surface area contributed by atoms with Gasteiger partial charge in [-0.25, -0.2) is 0 Å². The quantitative estimate of drug-likeness (QED) is 0.650. The molecule has 1 unspecified atom stereocenters. The lowest BCUT2D eigenvalue weighted by Gasteiger charge is -2.16. The molecular formula is C17H25NO3. The van der Waals surface area contributed by atoms with E-state index in [-0.39, 0.29) is 18.2 Å². The zero-order chi connectivity index (χ0) is 15.5. The SMILES string of the molecule is CCCC(C(=O)NCCCCCC(=O)O)c1ccccc1. The lowest BCUT2D eigenvalue weighted by Crippen LogP contribution is -2.30. The molecule has 21 heavy (non-hydrogen) atoms. The largest absolute Gasteiger partial charge is 0.481 e. The average Bonchev–Trinajstić information content (AvgIpc) is 2.48. The summed E-state index contributed by atoms with van der Waals surface area (Å²) in [6.07, 6.45) is 4.34. The van der Waals surface area contributed by atoms with Crippen LogP contribution in [-0.4, -0.2) is 23.5 Å². The van der Waals surface area contributed by atoms with Crippen LogP contribution in [0, 0.1) is 0 Å². The maximum Gasteiger partial charge on any atom is 0.303 e. The van der Waals surface area contributed by atoms with E-state index in [2.05, 4.69) is 12.2 Å². The van der Waals surface area contributed by atoms with E-state index < -0.39 is 5.97 Å². The monoisotopic (exact) mass is 291 g/mol. The fraction of sp³-hybridized carbons (Fsp3) is 0.529. The van der Waals surface area contributed by atoms with Gasteiger partial charge in [0.2, 0.25) is 5.91 Å². The Labute approximate surface area is 126 Å². The molecule has 1 amide bonds. The van der Waals surface area contributed by atoms with E-state index in [4.69, 9.17) is 5.11 Å². The number of carboxylic acids is 1. The van der Waals surface area contributed by atoms with Crippen LogP contribution in [0.15, 0.2) is 30.3 Å². The topological polar surface area (TPSA) is 66.4 Å². The van der Waals surface area contributed by atoms with E-state index in [1.807, 2.05) is 30.3 Å². The summed E-state index contributed by atoms with van der Waals surface area (Å²) in [5, 5.41) is 11.5. The van der Waals surface area contributed by atoms with E-state index in [1.165, 1.54) is 0 Å². The van der Waals surface area contributed by atoms with Gasteiger partial charge in [-0.05, 0) is 24.8 Å². The van der Waals surface area contributed by atoms with Crippen LogP contribution in [0.5, 0.6) is 0 Å². The van der Waals surface area contributed by atoms with E-state index in [0.717, 1.165) is 31.2 Å². The van der Waals surface area contributed by atoms with Crippen molar-refractivity contribution in [2.24, 2.45) is 0 Å². The van der Waals surface area contributed by atoms with Crippen LogP contribution in [0.1, 0.15) is 56.9 Å². The first kappa shape index (κ1) is 17.2. The Morgan fingerprint density at radius 1 is 1.14 bits per heavy atom. The summed E-state index contributed by atoms with van der Waals surface area (Å²) < 4.78 is 0. The van der Waals surface area contributed by atoms with Crippen LogP contribution in [-0.2, 0) is 9.59 Å². The summed E-state index contributed by atoms with van der Waals surface area (Å²) in [5.74, 6) is -0.775. The van der Waals surface area contributed by atoms with Crippen LogP contribution < -0.4 is 5.32 Å². The van der Waals surface area contributed by atoms with Crippen LogP contribution in [0.2, 0.25) is 0 Å². The molecule has 0 aromatic heterocycles. The van der Waals surface area contributed by atoms with Gasteiger partial charge < -0.3 is 10.4 Å². The highest BCUT2D eigenvalue weighted by atomic mass is 16.4. The zero-order valence-electron chi connectivity index (χ0n) is 12.7. The number of hydrogen-bond acceptors (Lipinski definition) is 2. The number of hydrogen-bond donors (Lipinski definition) is 2. The molecule has 1 aromatic rings. The summed E-state index contributed by atoms with van der Waals surface area (Å²) >= 11 is 0. The van der Waals surface area contributed by atoms with Crippen molar-refractivity contribution in [1.82, 2.24) is 5.32 Å². The van der Waals surface area contributed by atoms with Gasteiger partial charge in [0.15, 0.2) is 0 Å². The number of benzene rings is 1. The Morgan fingerprint density at radius 2 is 1.86 bits per heavy atom. The molecule has 0 aliphatic rings. The van der Waals surface area contributed by atoms with Crippen molar-refractivity contribution in [2.75, 3.05) is 6.54 Å². The second kappa shape index (κ2) is 9.97. The fourth-order valence-electron chi connectivity index (χ4n) is 2.34. The first-order chi connectivity index (χ1) is 10.1. The average molecular weight is 291 g/mol. The summed E-state index contributed by atoms with van der Waals surface area (Å²) in [7, 11) is 0. The van der Waals surface area contributed by atoms with Crippen molar-refractivity contribution in [3.05, 3.63) is 35.9 Å². The van der Waals surface area contributed by atoms with Crippen molar-refractivity contribution in [1.29, 1.82) is 0 Å². The number of nitrogens with one attached hydrogen (secondary N) is 1. The third kappa shape index (κ3) is 6.93. The van der Waals surface area contributed by atoms with Crippen molar-refractivity contribution < 1.29 is 14.7 Å². The molecule has 116 valence electrons. The molecule has 1 rings (SSSR count). The van der Waals surface area contributed by atoms with Crippen molar-refractivity contribution in [3.8, 4) is 0 Å². The lowest BCUT2D eigenvalue weighted by atomic mass is 9.93. The zero-order valence-corrected chi connectivity index (χ0v) is 12.7. The van der Waals surface area contributed by atoms with Crippen LogP contribution in [0.3, 0.4) is 0 Å². The molecule has 0 saturated heterocycles. The van der Waals surface area contributed by atoms with Gasteiger partial charge in [-0.3, -0.25) is 9.59 Å². The number of carbonyl (C=O) groups excluding carboxylic acids is 1. The smallest absolute Gasteiger partial charge is 0.303 e. The van der Waals surface area contributed by atoms with Crippen molar-refractivity contribution in [2.45, 2.75) is 51.4 Å². The minimum absolute atomic E-state index is 0.0706. The lowest BCUT2D eigenvalue weighted by molar-refractivity contribution is -0.137. The van der Waals surface area contributed by atoms with E-state index in [1.54, 1.807) is 0 Å². The van der Waals surface area contributed by atoms with Gasteiger partial charge >= 0.3 is 5.97 Å². The first-order valence-electron chi connectivity index (χ1n) is 7.69. The second-order valence-corrected chi connectivity index (χ2v) is 5.25. The Kier molecular flexibility index (Phi) is 8.17. The molecule has 0 spiro atoms. The molecule has 0 aliphatic carbocycles. The maximum absolute atomic E-state index is 12.3. The van der Waals surface area contributed by atoms with Crippen molar-refractivity contribution >= 4 is 11.9 Å². The predicted octanol–water partition coefficient (Wildman–Crippen LogP) is 3.33. The van der Waals surface area contributed by atoms with E-state index in [9.17, 15) is 9.59 Å². The van der Waals surface area contributed by atoms with Gasteiger partial charge in [0, 0.05) is 13.0 Å². The standard InChI is InChI=1S/C17H25NO3/c1-2-9-15(14-10-5-3-6-11-14)17(21)18-13-8-4-7-12-16(19)20/h3,5-6,10-11,15H,2,4,7-9,12-13H2,1H3,(H,18,21)(H,19,20). The van der Waals surface area contributed by atoms with Gasteiger partial charge in [-0.15, -0.1) is 0 Å². The Bertz CT molecular complexity index is 431. The fourth-order valence-corrected chi connectivity index (χ4v) is 2.34. The minimum Gasteiger partial charge on any atom is -0.481 e. The molecule has 1 aromatic carbocycles. The normalized spacial score (nSPS) is 11.9. The molecule has 0 bridgehead atoms. The second-order valence-electron chi connectivity index (χ2n) is 5.25. The van der Waals surface area contributed by atoms with Gasteiger partial charge in [-0.2, -0.15) is 0 Å². The highest BCUT2D eigenvalue weighted by Crippen LogP contribution is 2.21. The molecule has 4 heteroatoms. The third-order valence-corrected chi connectivity index (χ3v) is 3.46. The number of aliphatic carboxylic acids is 1. The molecule has 1 atom stereocenters. The number of unbranched alkanes of at least 4 members (excludes halogenated alkanes) is 2. The maximum atomic E-state index is 12.3. The Balaban J connectivity index is 2.35.